The second kappa shape index (κ2) is 15.0. The Morgan fingerprint density at radius 1 is 0.972 bits per heavy atom. The first kappa shape index (κ1) is 29.0. The van der Waals surface area contributed by atoms with E-state index in [1.807, 2.05) is 6.92 Å². The molecule has 1 atom stereocenters. The van der Waals surface area contributed by atoms with E-state index in [1.54, 1.807) is 19.9 Å². The van der Waals surface area contributed by atoms with Crippen LogP contribution in [0.5, 0.6) is 0 Å². The minimum absolute atomic E-state index is 0.0353. The van der Waals surface area contributed by atoms with E-state index in [2.05, 4.69) is 5.32 Å². The number of nitrogens with zero attached hydrogens (tertiary/aromatic N) is 1. The van der Waals surface area contributed by atoms with Crippen LogP contribution < -0.4 is 5.32 Å². The van der Waals surface area contributed by atoms with E-state index < -0.39 is 22.8 Å². The number of hydrogen-bond acceptors (Lipinski definition) is 9. The van der Waals surface area contributed by atoms with Crippen LogP contribution in [0.4, 0.5) is 5.69 Å². The van der Waals surface area contributed by atoms with E-state index in [-0.39, 0.29) is 43.3 Å². The fourth-order valence-electron chi connectivity index (χ4n) is 4.01. The van der Waals surface area contributed by atoms with Gasteiger partial charge in [0, 0.05) is 36.7 Å². The molecule has 10 nitrogen and oxygen atoms in total. The molecule has 36 heavy (non-hydrogen) atoms. The van der Waals surface area contributed by atoms with E-state index >= 15 is 0 Å². The molecule has 10 heteroatoms. The number of benzene rings is 1. The number of dihydropyridines is 1. The van der Waals surface area contributed by atoms with Crippen LogP contribution >= 0.6 is 0 Å². The molecule has 0 fully saturated rings. The zero-order valence-electron chi connectivity index (χ0n) is 21.2. The van der Waals surface area contributed by atoms with Crippen LogP contribution in [-0.2, 0) is 23.8 Å². The van der Waals surface area contributed by atoms with Crippen molar-refractivity contribution < 1.29 is 33.8 Å². The third-order valence-electron chi connectivity index (χ3n) is 5.71. The highest BCUT2D eigenvalue weighted by Gasteiger charge is 2.38. The number of carbonyl (C=O) groups is 2. The fourth-order valence-corrected chi connectivity index (χ4v) is 4.01. The minimum Gasteiger partial charge on any atom is -0.462 e. The Morgan fingerprint density at radius 2 is 1.61 bits per heavy atom. The van der Waals surface area contributed by atoms with E-state index in [9.17, 15) is 19.7 Å². The van der Waals surface area contributed by atoms with Crippen LogP contribution in [0.15, 0.2) is 46.8 Å². The minimum atomic E-state index is -0.905. The molecule has 1 heterocycles. The van der Waals surface area contributed by atoms with E-state index in [1.165, 1.54) is 18.2 Å². The first-order chi connectivity index (χ1) is 17.3. The summed E-state index contributed by atoms with van der Waals surface area (Å²) in [6.45, 7) is 6.50. The van der Waals surface area contributed by atoms with Gasteiger partial charge in [0.2, 0.25) is 0 Å². The molecule has 1 aromatic carbocycles. The van der Waals surface area contributed by atoms with Crippen LogP contribution in [0.3, 0.4) is 0 Å². The van der Waals surface area contributed by atoms with Crippen molar-refractivity contribution in [3.63, 3.8) is 0 Å². The molecule has 0 spiro atoms. The molecule has 0 saturated carbocycles. The summed E-state index contributed by atoms with van der Waals surface area (Å²) >= 11 is 0. The van der Waals surface area contributed by atoms with E-state index in [0.717, 1.165) is 19.3 Å². The van der Waals surface area contributed by atoms with Crippen molar-refractivity contribution in [3.05, 3.63) is 62.5 Å². The van der Waals surface area contributed by atoms with Gasteiger partial charge in [0.15, 0.2) is 0 Å². The number of allylic oxidation sites excluding steroid dienone is 2. The number of nitro groups is 1. The number of rotatable bonds is 15. The summed E-state index contributed by atoms with van der Waals surface area (Å²) in [6.07, 6.45) is 3.79. The molecule has 0 bridgehead atoms. The maximum atomic E-state index is 13.2. The molecule has 0 aromatic heterocycles. The first-order valence-corrected chi connectivity index (χ1v) is 12.3. The number of aliphatic hydroxyl groups is 1. The molecule has 1 aliphatic heterocycles. The summed E-state index contributed by atoms with van der Waals surface area (Å²) < 4.78 is 16.3. The van der Waals surface area contributed by atoms with Gasteiger partial charge in [-0.1, -0.05) is 25.5 Å². The van der Waals surface area contributed by atoms with Crippen molar-refractivity contribution in [3.8, 4) is 0 Å². The van der Waals surface area contributed by atoms with Gasteiger partial charge in [-0.2, -0.15) is 0 Å². The number of ether oxygens (including phenoxy) is 3. The number of esters is 2. The molecular formula is C26H36N2O8. The largest absolute Gasteiger partial charge is 0.462 e. The van der Waals surface area contributed by atoms with Gasteiger partial charge < -0.3 is 24.6 Å². The summed E-state index contributed by atoms with van der Waals surface area (Å²) in [6, 6.07) is 5.87. The molecule has 2 rings (SSSR count). The third-order valence-corrected chi connectivity index (χ3v) is 5.71. The summed E-state index contributed by atoms with van der Waals surface area (Å²) in [4.78, 5) is 37.3. The molecule has 0 radical (unpaired) electrons. The maximum absolute atomic E-state index is 13.2. The SMILES string of the molecule is CCCOCCOC(=O)C1=C(C)NC(C)=C(C(=O)OCCCCCCO)C1c1cccc([N+](=O)[O-])c1. The molecular weight excluding hydrogens is 468 g/mol. The van der Waals surface area contributed by atoms with Gasteiger partial charge in [-0.15, -0.1) is 0 Å². The topological polar surface area (TPSA) is 137 Å². The van der Waals surface area contributed by atoms with Crippen molar-refractivity contribution in [2.75, 3.05) is 33.0 Å². The first-order valence-electron chi connectivity index (χ1n) is 12.3. The summed E-state index contributed by atoms with van der Waals surface area (Å²) in [5.74, 6) is -2.15. The zero-order chi connectivity index (χ0) is 26.5. The number of carbonyl (C=O) groups excluding carboxylic acids is 2. The van der Waals surface area contributed by atoms with Crippen molar-refractivity contribution in [2.45, 2.75) is 58.8 Å². The lowest BCUT2D eigenvalue weighted by molar-refractivity contribution is -0.384. The monoisotopic (exact) mass is 504 g/mol. The van der Waals surface area contributed by atoms with Gasteiger partial charge >= 0.3 is 11.9 Å². The Balaban J connectivity index is 2.33. The van der Waals surface area contributed by atoms with Crippen molar-refractivity contribution in [1.29, 1.82) is 0 Å². The Morgan fingerprint density at radius 3 is 2.22 bits per heavy atom. The van der Waals surface area contributed by atoms with Crippen molar-refractivity contribution in [1.82, 2.24) is 5.32 Å². The van der Waals surface area contributed by atoms with Gasteiger partial charge in [0.1, 0.15) is 6.61 Å². The van der Waals surface area contributed by atoms with Gasteiger partial charge in [-0.25, -0.2) is 9.59 Å². The molecule has 198 valence electrons. The Bertz CT molecular complexity index is 986. The molecule has 1 aliphatic rings. The highest BCUT2D eigenvalue weighted by Crippen LogP contribution is 2.40. The molecule has 2 N–H and O–H groups in total. The molecule has 1 unspecified atom stereocenters. The lowest BCUT2D eigenvalue weighted by Gasteiger charge is -2.30. The Hall–Kier alpha value is -3.24. The number of nitro benzene ring substituents is 1. The second-order valence-corrected chi connectivity index (χ2v) is 8.51. The number of hydrogen-bond donors (Lipinski definition) is 2. The molecule has 0 aliphatic carbocycles. The summed E-state index contributed by atoms with van der Waals surface area (Å²) in [5, 5.41) is 23.4. The number of aliphatic hydroxyl groups excluding tert-OH is 1. The van der Waals surface area contributed by atoms with Crippen LogP contribution in [-0.4, -0.2) is 55.0 Å². The predicted octanol–water partition coefficient (Wildman–Crippen LogP) is 3.90. The average molecular weight is 505 g/mol. The van der Waals surface area contributed by atoms with Crippen molar-refractivity contribution >= 4 is 17.6 Å². The van der Waals surface area contributed by atoms with Crippen LogP contribution in [0, 0.1) is 10.1 Å². The van der Waals surface area contributed by atoms with Crippen LogP contribution in [0.1, 0.15) is 64.4 Å². The summed E-state index contributed by atoms with van der Waals surface area (Å²) in [7, 11) is 0. The number of non-ortho nitro benzene ring substituents is 1. The Kier molecular flexibility index (Phi) is 12.1. The highest BCUT2D eigenvalue weighted by molar-refractivity contribution is 6.00. The van der Waals surface area contributed by atoms with Gasteiger partial charge in [0.25, 0.3) is 5.69 Å². The Labute approximate surface area is 211 Å². The second-order valence-electron chi connectivity index (χ2n) is 8.51. The zero-order valence-corrected chi connectivity index (χ0v) is 21.2. The maximum Gasteiger partial charge on any atom is 0.336 e. The number of unbranched alkanes of at least 4 members (excludes halogenated alkanes) is 3. The highest BCUT2D eigenvalue weighted by atomic mass is 16.6. The lowest BCUT2D eigenvalue weighted by atomic mass is 9.80. The van der Waals surface area contributed by atoms with Crippen molar-refractivity contribution in [2.24, 2.45) is 0 Å². The average Bonchev–Trinajstić information content (AvgIpc) is 2.85. The summed E-state index contributed by atoms with van der Waals surface area (Å²) in [5.41, 5.74) is 1.63. The molecule has 0 amide bonds. The standard InChI is InChI=1S/C26H36N2O8/c1-4-13-34-15-16-36-26(31)23-19(3)27-18(2)22(25(30)35-14-8-6-5-7-12-29)24(23)20-10-9-11-21(17-20)28(32)33/h9-11,17,24,27,29H,4-8,12-16H2,1-3H3. The van der Waals surface area contributed by atoms with E-state index in [4.69, 9.17) is 19.3 Å². The van der Waals surface area contributed by atoms with E-state index in [0.29, 0.717) is 36.4 Å². The lowest BCUT2D eigenvalue weighted by Crippen LogP contribution is -2.33. The smallest absolute Gasteiger partial charge is 0.336 e. The molecule has 0 saturated heterocycles. The fraction of sp³-hybridized carbons (Fsp3) is 0.538. The van der Waals surface area contributed by atoms with Gasteiger partial charge in [-0.05, 0) is 45.1 Å². The third kappa shape index (κ3) is 8.17. The van der Waals surface area contributed by atoms with Gasteiger partial charge in [-0.3, -0.25) is 10.1 Å². The number of nitrogens with one attached hydrogen (secondary N) is 1. The van der Waals surface area contributed by atoms with Crippen LogP contribution in [0.25, 0.3) is 0 Å². The predicted molar refractivity (Wildman–Crippen MR) is 133 cm³/mol. The van der Waals surface area contributed by atoms with Crippen LogP contribution in [0.2, 0.25) is 0 Å². The normalized spacial score (nSPS) is 15.5. The van der Waals surface area contributed by atoms with Gasteiger partial charge in [0.05, 0.1) is 35.2 Å². The quantitative estimate of drug-likeness (QED) is 0.158. The molecule has 1 aromatic rings.